The third kappa shape index (κ3) is 4.48. The van der Waals surface area contributed by atoms with Gasteiger partial charge in [-0.25, -0.2) is 4.98 Å². The highest BCUT2D eigenvalue weighted by Crippen LogP contribution is 2.30. The average molecular weight is 469 g/mol. The Labute approximate surface area is 193 Å². The fourth-order valence-corrected chi connectivity index (χ4v) is 3.32. The van der Waals surface area contributed by atoms with Gasteiger partial charge in [0.25, 0.3) is 5.91 Å². The number of rotatable bonds is 5. The summed E-state index contributed by atoms with van der Waals surface area (Å²) in [6.45, 7) is 0. The van der Waals surface area contributed by atoms with Crippen LogP contribution in [0.15, 0.2) is 59.1 Å². The normalized spacial score (nSPS) is 10.6. The molecule has 2 aromatic heterocycles. The van der Waals surface area contributed by atoms with E-state index in [-0.39, 0.29) is 5.11 Å². The van der Waals surface area contributed by atoms with E-state index in [0.717, 1.165) is 0 Å². The number of carbonyl (C=O) groups is 1. The number of fused-ring (bicyclic) bond motifs is 1. The van der Waals surface area contributed by atoms with Crippen molar-refractivity contribution in [1.82, 2.24) is 15.3 Å². The molecule has 10 heteroatoms. The fourth-order valence-electron chi connectivity index (χ4n) is 2.96. The second kappa shape index (κ2) is 9.21. The summed E-state index contributed by atoms with van der Waals surface area (Å²) in [6.07, 6.45) is 1.64. The number of aromatic nitrogens is 2. The van der Waals surface area contributed by atoms with E-state index in [2.05, 4.69) is 20.6 Å². The van der Waals surface area contributed by atoms with E-state index in [1.54, 1.807) is 54.7 Å². The summed E-state index contributed by atoms with van der Waals surface area (Å²) in [5.41, 5.74) is 2.52. The van der Waals surface area contributed by atoms with Gasteiger partial charge in [-0.1, -0.05) is 11.6 Å². The van der Waals surface area contributed by atoms with E-state index >= 15 is 0 Å². The second-order valence-electron chi connectivity index (χ2n) is 6.51. The number of methoxy groups -OCH3 is 2. The van der Waals surface area contributed by atoms with Gasteiger partial charge in [0, 0.05) is 17.8 Å². The van der Waals surface area contributed by atoms with Crippen molar-refractivity contribution in [1.29, 1.82) is 0 Å². The van der Waals surface area contributed by atoms with E-state index < -0.39 is 5.91 Å². The Morgan fingerprint density at radius 2 is 1.97 bits per heavy atom. The van der Waals surface area contributed by atoms with Gasteiger partial charge in [-0.3, -0.25) is 10.1 Å². The van der Waals surface area contributed by atoms with Gasteiger partial charge in [0.15, 0.2) is 16.3 Å². The van der Waals surface area contributed by atoms with Crippen LogP contribution in [-0.4, -0.2) is 35.2 Å². The maximum atomic E-state index is 12.7. The van der Waals surface area contributed by atoms with Crippen molar-refractivity contribution in [2.45, 2.75) is 0 Å². The molecule has 0 radical (unpaired) electrons. The maximum Gasteiger partial charge on any atom is 0.261 e. The molecule has 4 aromatic rings. The number of halogens is 1. The minimum Gasteiger partial charge on any atom is -0.497 e. The molecule has 2 heterocycles. The van der Waals surface area contributed by atoms with Crippen molar-refractivity contribution >= 4 is 51.8 Å². The van der Waals surface area contributed by atoms with Crippen molar-refractivity contribution < 1.29 is 18.7 Å². The summed E-state index contributed by atoms with van der Waals surface area (Å²) >= 11 is 11.6. The molecule has 32 heavy (non-hydrogen) atoms. The molecule has 0 saturated carbocycles. The first kappa shape index (κ1) is 21.5. The zero-order valence-corrected chi connectivity index (χ0v) is 18.6. The lowest BCUT2D eigenvalue weighted by atomic mass is 10.1. The van der Waals surface area contributed by atoms with Gasteiger partial charge in [-0.05, 0) is 54.7 Å². The summed E-state index contributed by atoms with van der Waals surface area (Å²) in [5.74, 6) is 0.863. The van der Waals surface area contributed by atoms with Gasteiger partial charge in [-0.15, -0.1) is 0 Å². The summed E-state index contributed by atoms with van der Waals surface area (Å²) in [4.78, 5) is 21.2. The molecule has 0 fully saturated rings. The summed E-state index contributed by atoms with van der Waals surface area (Å²) in [6, 6.07) is 13.6. The third-order valence-corrected chi connectivity index (χ3v) is 5.04. The number of hydrogen-bond donors (Lipinski definition) is 2. The molecule has 0 aliphatic rings. The quantitative estimate of drug-likeness (QED) is 0.407. The van der Waals surface area contributed by atoms with E-state index in [1.807, 2.05) is 0 Å². The standard InChI is InChI=1S/C22H17ClN4O4S/c1-29-13-6-7-14(18(11-13)30-2)20(28)27-22(32)25-16-10-12(5-8-15(16)23)21-26-19-17(31-21)4-3-9-24-19/h3-11H,1-2H3,(H2,25,27,28,32). The number of benzene rings is 2. The molecule has 2 aromatic carbocycles. The Morgan fingerprint density at radius 3 is 2.72 bits per heavy atom. The number of anilines is 1. The van der Waals surface area contributed by atoms with E-state index in [4.69, 9.17) is 37.7 Å². The van der Waals surface area contributed by atoms with Crippen LogP contribution < -0.4 is 20.1 Å². The van der Waals surface area contributed by atoms with Crippen LogP contribution in [0.4, 0.5) is 5.69 Å². The molecule has 0 atom stereocenters. The van der Waals surface area contributed by atoms with Gasteiger partial charge in [-0.2, -0.15) is 4.98 Å². The highest BCUT2D eigenvalue weighted by atomic mass is 35.5. The van der Waals surface area contributed by atoms with Crippen molar-refractivity contribution in [2.24, 2.45) is 0 Å². The summed E-state index contributed by atoms with van der Waals surface area (Å²) < 4.78 is 16.2. The van der Waals surface area contributed by atoms with Gasteiger partial charge in [0.1, 0.15) is 11.5 Å². The molecule has 8 nitrogen and oxygen atoms in total. The Balaban J connectivity index is 1.52. The van der Waals surface area contributed by atoms with E-state index in [0.29, 0.717) is 50.5 Å². The first-order valence-corrected chi connectivity index (χ1v) is 10.1. The SMILES string of the molecule is COc1ccc(C(=O)NC(=S)Nc2cc(-c3nc4ncccc4o3)ccc2Cl)c(OC)c1. The van der Waals surface area contributed by atoms with Crippen LogP contribution in [0, 0.1) is 0 Å². The molecule has 4 rings (SSSR count). The Bertz CT molecular complexity index is 1290. The molecule has 0 aliphatic heterocycles. The number of ether oxygens (including phenoxy) is 2. The lowest BCUT2D eigenvalue weighted by Crippen LogP contribution is -2.34. The lowest BCUT2D eigenvalue weighted by molar-refractivity contribution is 0.0974. The van der Waals surface area contributed by atoms with Crippen molar-refractivity contribution in [2.75, 3.05) is 19.5 Å². The molecule has 0 bridgehead atoms. The lowest BCUT2D eigenvalue weighted by Gasteiger charge is -2.13. The van der Waals surface area contributed by atoms with Crippen molar-refractivity contribution in [3.05, 3.63) is 65.3 Å². The molecule has 0 spiro atoms. The molecule has 2 N–H and O–H groups in total. The zero-order valence-electron chi connectivity index (χ0n) is 17.0. The van der Waals surface area contributed by atoms with Crippen LogP contribution in [-0.2, 0) is 0 Å². The number of nitrogens with zero attached hydrogens (tertiary/aromatic N) is 2. The van der Waals surface area contributed by atoms with E-state index in [9.17, 15) is 4.79 Å². The number of amides is 1. The van der Waals surface area contributed by atoms with Crippen LogP contribution in [0.1, 0.15) is 10.4 Å². The number of pyridine rings is 1. The average Bonchev–Trinajstić information content (AvgIpc) is 3.24. The Hall–Kier alpha value is -3.69. The predicted octanol–water partition coefficient (Wildman–Crippen LogP) is 4.69. The number of nitrogens with one attached hydrogen (secondary N) is 2. The number of thiocarbonyl (C=S) groups is 1. The number of carbonyl (C=O) groups excluding carboxylic acids is 1. The molecule has 0 unspecified atom stereocenters. The molecule has 162 valence electrons. The highest BCUT2D eigenvalue weighted by molar-refractivity contribution is 7.80. The molecular formula is C22H17ClN4O4S. The van der Waals surface area contributed by atoms with Crippen LogP contribution in [0.3, 0.4) is 0 Å². The number of hydrogen-bond acceptors (Lipinski definition) is 7. The van der Waals surface area contributed by atoms with Gasteiger partial charge in [0.2, 0.25) is 5.89 Å². The van der Waals surface area contributed by atoms with Gasteiger partial charge in [0.05, 0.1) is 30.5 Å². The molecular weight excluding hydrogens is 452 g/mol. The third-order valence-electron chi connectivity index (χ3n) is 4.51. The molecule has 0 aliphatic carbocycles. The van der Waals surface area contributed by atoms with Crippen molar-refractivity contribution in [3.8, 4) is 23.0 Å². The first-order chi connectivity index (χ1) is 15.5. The summed E-state index contributed by atoms with van der Waals surface area (Å²) in [5, 5.41) is 6.02. The smallest absolute Gasteiger partial charge is 0.261 e. The van der Waals surface area contributed by atoms with Crippen LogP contribution >= 0.6 is 23.8 Å². The van der Waals surface area contributed by atoms with Gasteiger partial charge >= 0.3 is 0 Å². The largest absolute Gasteiger partial charge is 0.497 e. The Kier molecular flexibility index (Phi) is 6.20. The fraction of sp³-hybridized carbons (Fsp3) is 0.0909. The minimum atomic E-state index is -0.445. The topological polar surface area (TPSA) is 98.5 Å². The maximum absolute atomic E-state index is 12.7. The Morgan fingerprint density at radius 1 is 1.12 bits per heavy atom. The second-order valence-corrected chi connectivity index (χ2v) is 7.33. The summed E-state index contributed by atoms with van der Waals surface area (Å²) in [7, 11) is 3.00. The monoisotopic (exact) mass is 468 g/mol. The molecule has 1 amide bonds. The van der Waals surface area contributed by atoms with Crippen molar-refractivity contribution in [3.63, 3.8) is 0 Å². The van der Waals surface area contributed by atoms with E-state index in [1.165, 1.54) is 14.2 Å². The molecule has 0 saturated heterocycles. The van der Waals surface area contributed by atoms with Crippen LogP contribution in [0.5, 0.6) is 11.5 Å². The van der Waals surface area contributed by atoms with Gasteiger partial charge < -0.3 is 19.2 Å². The highest BCUT2D eigenvalue weighted by Gasteiger charge is 2.16. The first-order valence-electron chi connectivity index (χ1n) is 9.34. The van der Waals surface area contributed by atoms with Crippen LogP contribution in [0.25, 0.3) is 22.7 Å². The van der Waals surface area contributed by atoms with Crippen LogP contribution in [0.2, 0.25) is 5.02 Å². The minimum absolute atomic E-state index is 0.0613. The predicted molar refractivity (Wildman–Crippen MR) is 125 cm³/mol. The number of oxazole rings is 1. The zero-order chi connectivity index (χ0) is 22.7.